The van der Waals surface area contributed by atoms with Gasteiger partial charge in [0.25, 0.3) is 0 Å². The highest BCUT2D eigenvalue weighted by molar-refractivity contribution is 5.74. The van der Waals surface area contributed by atoms with Crippen molar-refractivity contribution < 1.29 is 9.90 Å². The Kier molecular flexibility index (Phi) is 4.81. The summed E-state index contributed by atoms with van der Waals surface area (Å²) in [6, 6.07) is 5.82. The summed E-state index contributed by atoms with van der Waals surface area (Å²) in [5.74, 6) is 0.173. The molecule has 1 aliphatic carbocycles. The molecule has 0 spiro atoms. The fourth-order valence-corrected chi connectivity index (χ4v) is 3.29. The fraction of sp³-hybridized carbons (Fsp3) is 0.529. The predicted molar refractivity (Wildman–Crippen MR) is 88.1 cm³/mol. The highest BCUT2D eigenvalue weighted by Crippen LogP contribution is 2.23. The van der Waals surface area contributed by atoms with E-state index in [9.17, 15) is 9.90 Å². The van der Waals surface area contributed by atoms with E-state index in [1.165, 1.54) is 0 Å². The molecule has 0 radical (unpaired) electrons. The van der Waals surface area contributed by atoms with Crippen LogP contribution in [0, 0.1) is 12.8 Å². The predicted octanol–water partition coefficient (Wildman–Crippen LogP) is 1.99. The molecule has 1 aliphatic rings. The summed E-state index contributed by atoms with van der Waals surface area (Å²) in [5.41, 5.74) is 2.82. The molecule has 23 heavy (non-hydrogen) atoms. The zero-order valence-electron chi connectivity index (χ0n) is 13.5. The minimum Gasteiger partial charge on any atom is -0.396 e. The van der Waals surface area contributed by atoms with Gasteiger partial charge in [-0.2, -0.15) is 0 Å². The van der Waals surface area contributed by atoms with Crippen LogP contribution in [-0.4, -0.2) is 33.2 Å². The maximum absolute atomic E-state index is 12.1. The first kappa shape index (κ1) is 15.8. The van der Waals surface area contributed by atoms with Crippen LogP contribution in [0.25, 0.3) is 5.65 Å². The molecule has 2 amide bonds. The molecule has 0 bridgehead atoms. The molecular formula is C17H24N4O2. The largest absolute Gasteiger partial charge is 0.396 e. The van der Waals surface area contributed by atoms with E-state index in [2.05, 4.69) is 15.6 Å². The fourth-order valence-electron chi connectivity index (χ4n) is 3.29. The van der Waals surface area contributed by atoms with Gasteiger partial charge in [-0.1, -0.05) is 18.9 Å². The standard InChI is InChI=1S/C17H24N4O2/c1-12-5-4-8-16-19-14(10-21(12)16)9-18-17(23)20-15-7-3-2-6-13(15)11-22/h4-5,8,10,13,15,22H,2-3,6-7,9,11H2,1H3,(H2,18,20,23)/t13-,15+/m1/s1. The van der Waals surface area contributed by atoms with Gasteiger partial charge < -0.3 is 20.1 Å². The average molecular weight is 316 g/mol. The summed E-state index contributed by atoms with van der Waals surface area (Å²) < 4.78 is 2.01. The van der Waals surface area contributed by atoms with Crippen molar-refractivity contribution in [2.45, 2.75) is 45.2 Å². The first-order chi connectivity index (χ1) is 11.2. The normalized spacial score (nSPS) is 21.3. The van der Waals surface area contributed by atoms with Crippen LogP contribution in [0.1, 0.15) is 37.1 Å². The number of nitrogens with zero attached hydrogens (tertiary/aromatic N) is 2. The van der Waals surface area contributed by atoms with Gasteiger partial charge in [-0.25, -0.2) is 9.78 Å². The van der Waals surface area contributed by atoms with Crippen LogP contribution in [0.15, 0.2) is 24.4 Å². The Morgan fingerprint density at radius 3 is 3.00 bits per heavy atom. The molecule has 2 aromatic rings. The van der Waals surface area contributed by atoms with Gasteiger partial charge in [0.05, 0.1) is 12.2 Å². The summed E-state index contributed by atoms with van der Waals surface area (Å²) >= 11 is 0. The molecule has 6 heteroatoms. The average Bonchev–Trinajstić information content (AvgIpc) is 2.98. The molecule has 0 aromatic carbocycles. The minimum atomic E-state index is -0.191. The van der Waals surface area contributed by atoms with Crippen molar-refractivity contribution in [2.24, 2.45) is 5.92 Å². The van der Waals surface area contributed by atoms with Gasteiger partial charge in [0.2, 0.25) is 0 Å². The molecule has 0 saturated heterocycles. The first-order valence-electron chi connectivity index (χ1n) is 8.26. The molecule has 1 saturated carbocycles. The lowest BCUT2D eigenvalue weighted by molar-refractivity contribution is 0.153. The molecule has 2 aromatic heterocycles. The summed E-state index contributed by atoms with van der Waals surface area (Å²) in [6.45, 7) is 2.55. The van der Waals surface area contributed by atoms with Gasteiger partial charge in [0.1, 0.15) is 5.65 Å². The quantitative estimate of drug-likeness (QED) is 0.807. The second-order valence-electron chi connectivity index (χ2n) is 6.29. The van der Waals surface area contributed by atoms with Crippen molar-refractivity contribution in [2.75, 3.05) is 6.61 Å². The molecule has 2 atom stereocenters. The maximum atomic E-state index is 12.1. The lowest BCUT2D eigenvalue weighted by Gasteiger charge is -2.30. The number of urea groups is 1. The monoisotopic (exact) mass is 316 g/mol. The highest BCUT2D eigenvalue weighted by Gasteiger charge is 2.25. The smallest absolute Gasteiger partial charge is 0.315 e. The van der Waals surface area contributed by atoms with Crippen molar-refractivity contribution in [3.8, 4) is 0 Å². The molecular weight excluding hydrogens is 292 g/mol. The zero-order valence-corrected chi connectivity index (χ0v) is 13.5. The number of aliphatic hydroxyl groups is 1. The van der Waals surface area contributed by atoms with Gasteiger partial charge in [-0.15, -0.1) is 0 Å². The van der Waals surface area contributed by atoms with Crippen LogP contribution in [0.3, 0.4) is 0 Å². The topological polar surface area (TPSA) is 78.7 Å². The molecule has 3 rings (SSSR count). The number of rotatable bonds is 4. The zero-order chi connectivity index (χ0) is 16.2. The highest BCUT2D eigenvalue weighted by atomic mass is 16.3. The van der Waals surface area contributed by atoms with Crippen molar-refractivity contribution in [1.29, 1.82) is 0 Å². The number of aromatic nitrogens is 2. The number of fused-ring (bicyclic) bond motifs is 1. The summed E-state index contributed by atoms with van der Waals surface area (Å²) in [4.78, 5) is 16.6. The maximum Gasteiger partial charge on any atom is 0.315 e. The summed E-state index contributed by atoms with van der Waals surface area (Å²) in [6.07, 6.45) is 6.10. The molecule has 2 heterocycles. The van der Waals surface area contributed by atoms with E-state index in [4.69, 9.17) is 0 Å². The van der Waals surface area contributed by atoms with Crippen LogP contribution in [0.2, 0.25) is 0 Å². The van der Waals surface area contributed by atoms with Gasteiger partial charge in [-0.3, -0.25) is 0 Å². The van der Waals surface area contributed by atoms with Crippen molar-refractivity contribution in [3.05, 3.63) is 35.8 Å². The number of nitrogens with one attached hydrogen (secondary N) is 2. The third kappa shape index (κ3) is 3.64. The second-order valence-corrected chi connectivity index (χ2v) is 6.29. The van der Waals surface area contributed by atoms with E-state index in [1.807, 2.05) is 35.7 Å². The number of carbonyl (C=O) groups excluding carboxylic acids is 1. The van der Waals surface area contributed by atoms with Crippen molar-refractivity contribution in [3.63, 3.8) is 0 Å². The Hall–Kier alpha value is -2.08. The Balaban J connectivity index is 1.56. The Morgan fingerprint density at radius 1 is 1.39 bits per heavy atom. The minimum absolute atomic E-state index is 0.0667. The van der Waals surface area contributed by atoms with E-state index in [-0.39, 0.29) is 24.6 Å². The van der Waals surface area contributed by atoms with E-state index >= 15 is 0 Å². The number of pyridine rings is 1. The van der Waals surface area contributed by atoms with E-state index in [0.29, 0.717) is 6.54 Å². The van der Waals surface area contributed by atoms with Crippen LogP contribution in [0.4, 0.5) is 4.79 Å². The number of aryl methyl sites for hydroxylation is 1. The number of hydrogen-bond donors (Lipinski definition) is 3. The number of amides is 2. The number of carbonyl (C=O) groups is 1. The van der Waals surface area contributed by atoms with Gasteiger partial charge in [-0.05, 0) is 31.9 Å². The molecule has 3 N–H and O–H groups in total. The van der Waals surface area contributed by atoms with E-state index < -0.39 is 0 Å². The lowest BCUT2D eigenvalue weighted by Crippen LogP contribution is -2.47. The van der Waals surface area contributed by atoms with E-state index in [1.54, 1.807) is 0 Å². The van der Waals surface area contributed by atoms with Gasteiger partial charge in [0.15, 0.2) is 0 Å². The first-order valence-corrected chi connectivity index (χ1v) is 8.26. The SMILES string of the molecule is Cc1cccc2nc(CNC(=O)N[C@H]3CCCC[C@@H]3CO)cn12. The third-order valence-corrected chi connectivity index (χ3v) is 4.64. The number of imidazole rings is 1. The Morgan fingerprint density at radius 2 is 2.22 bits per heavy atom. The molecule has 6 nitrogen and oxygen atoms in total. The van der Waals surface area contributed by atoms with E-state index in [0.717, 1.165) is 42.7 Å². The lowest BCUT2D eigenvalue weighted by atomic mass is 9.85. The van der Waals surface area contributed by atoms with Crippen molar-refractivity contribution >= 4 is 11.7 Å². The van der Waals surface area contributed by atoms with Gasteiger partial charge >= 0.3 is 6.03 Å². The second kappa shape index (κ2) is 7.00. The molecule has 0 aliphatic heterocycles. The summed E-state index contributed by atoms with van der Waals surface area (Å²) in [5, 5.41) is 15.3. The molecule has 1 fully saturated rings. The van der Waals surface area contributed by atoms with Crippen LogP contribution in [-0.2, 0) is 6.54 Å². The molecule has 0 unspecified atom stereocenters. The number of hydrogen-bond acceptors (Lipinski definition) is 3. The third-order valence-electron chi connectivity index (χ3n) is 4.64. The van der Waals surface area contributed by atoms with Crippen LogP contribution >= 0.6 is 0 Å². The Labute approximate surface area is 135 Å². The Bertz CT molecular complexity index is 682. The number of aliphatic hydroxyl groups excluding tert-OH is 1. The summed E-state index contributed by atoms with van der Waals surface area (Å²) in [7, 11) is 0. The van der Waals surface area contributed by atoms with Crippen LogP contribution < -0.4 is 10.6 Å². The van der Waals surface area contributed by atoms with Crippen LogP contribution in [0.5, 0.6) is 0 Å². The van der Waals surface area contributed by atoms with Gasteiger partial charge in [0, 0.05) is 30.5 Å². The molecule has 124 valence electrons. The van der Waals surface area contributed by atoms with Crippen molar-refractivity contribution in [1.82, 2.24) is 20.0 Å².